The van der Waals surface area contributed by atoms with Gasteiger partial charge in [-0.1, -0.05) is 6.07 Å². The molecule has 1 aromatic carbocycles. The van der Waals surface area contributed by atoms with Crippen molar-refractivity contribution in [2.75, 3.05) is 0 Å². The maximum Gasteiger partial charge on any atom is 0.408 e. The lowest BCUT2D eigenvalue weighted by molar-refractivity contribution is 0.0503. The molecule has 0 saturated heterocycles. The summed E-state index contributed by atoms with van der Waals surface area (Å²) in [5, 5.41) is 11.8. The number of fused-ring (bicyclic) bond motifs is 1. The van der Waals surface area contributed by atoms with Gasteiger partial charge in [0.05, 0.1) is 11.6 Å². The molecule has 0 fully saturated rings. The van der Waals surface area contributed by atoms with Crippen LogP contribution >= 0.6 is 0 Å². The quantitative estimate of drug-likeness (QED) is 0.871. The van der Waals surface area contributed by atoms with Crippen LogP contribution in [0.5, 0.6) is 0 Å². The molecule has 5 nitrogen and oxygen atoms in total. The van der Waals surface area contributed by atoms with E-state index in [1.54, 1.807) is 32.9 Å². The molecule has 0 bridgehead atoms. The molecule has 1 amide bonds. The lowest BCUT2D eigenvalue weighted by atomic mass is 10.0. The van der Waals surface area contributed by atoms with Gasteiger partial charge >= 0.3 is 12.1 Å². The van der Waals surface area contributed by atoms with E-state index >= 15 is 0 Å². The van der Waals surface area contributed by atoms with Gasteiger partial charge in [-0.25, -0.2) is 9.59 Å². The molecular formula is C15H19NO4. The minimum absolute atomic E-state index is 0.181. The first kappa shape index (κ1) is 14.4. The Hall–Kier alpha value is -2.04. The van der Waals surface area contributed by atoms with E-state index in [0.717, 1.165) is 24.0 Å². The molecule has 0 aromatic heterocycles. The number of carbonyl (C=O) groups excluding carboxylic acids is 1. The minimum atomic E-state index is -0.962. The number of carboxylic acid groups (broad SMARTS) is 1. The number of amides is 1. The fraction of sp³-hybridized carbons (Fsp3) is 0.467. The van der Waals surface area contributed by atoms with Crippen LogP contribution in [0.25, 0.3) is 0 Å². The Balaban J connectivity index is 2.13. The highest BCUT2D eigenvalue weighted by Gasteiger charge is 2.27. The summed E-state index contributed by atoms with van der Waals surface area (Å²) in [6.07, 6.45) is 1.11. The number of nitrogens with one attached hydrogen (secondary N) is 1. The first-order chi connectivity index (χ1) is 9.26. The number of ether oxygens (including phenoxy) is 1. The molecule has 0 saturated carbocycles. The molecular weight excluding hydrogens is 258 g/mol. The van der Waals surface area contributed by atoms with E-state index in [0.29, 0.717) is 0 Å². The van der Waals surface area contributed by atoms with Gasteiger partial charge in [0.15, 0.2) is 0 Å². The van der Waals surface area contributed by atoms with Gasteiger partial charge in [0, 0.05) is 0 Å². The van der Waals surface area contributed by atoms with Crippen molar-refractivity contribution in [2.45, 2.75) is 45.3 Å². The summed E-state index contributed by atoms with van der Waals surface area (Å²) in [5.74, 6) is -0.962. The molecule has 1 aromatic rings. The van der Waals surface area contributed by atoms with Crippen LogP contribution in [-0.4, -0.2) is 22.8 Å². The van der Waals surface area contributed by atoms with Crippen molar-refractivity contribution in [2.24, 2.45) is 0 Å². The van der Waals surface area contributed by atoms with E-state index in [-0.39, 0.29) is 11.6 Å². The molecule has 0 spiro atoms. The van der Waals surface area contributed by atoms with E-state index < -0.39 is 17.7 Å². The lowest BCUT2D eigenvalue weighted by Crippen LogP contribution is -2.34. The van der Waals surface area contributed by atoms with Crippen LogP contribution in [-0.2, 0) is 11.2 Å². The van der Waals surface area contributed by atoms with Crippen molar-refractivity contribution < 1.29 is 19.4 Å². The molecule has 0 unspecified atom stereocenters. The van der Waals surface area contributed by atoms with Crippen LogP contribution in [0.15, 0.2) is 18.2 Å². The van der Waals surface area contributed by atoms with Gasteiger partial charge in [-0.05, 0) is 56.9 Å². The fourth-order valence-electron chi connectivity index (χ4n) is 2.34. The Morgan fingerprint density at radius 2 is 2.05 bits per heavy atom. The third-order valence-electron chi connectivity index (χ3n) is 3.16. The Kier molecular flexibility index (Phi) is 3.70. The van der Waals surface area contributed by atoms with Crippen molar-refractivity contribution in [3.63, 3.8) is 0 Å². The van der Waals surface area contributed by atoms with Crippen molar-refractivity contribution in [3.05, 3.63) is 34.9 Å². The molecule has 1 atom stereocenters. The normalized spacial score (nSPS) is 17.4. The molecule has 0 aliphatic heterocycles. The summed E-state index contributed by atoms with van der Waals surface area (Å²) >= 11 is 0. The number of carboxylic acids is 1. The highest BCUT2D eigenvalue weighted by molar-refractivity contribution is 5.88. The number of hydrogen-bond acceptors (Lipinski definition) is 3. The first-order valence-corrected chi connectivity index (χ1v) is 6.62. The smallest absolute Gasteiger partial charge is 0.408 e. The Morgan fingerprint density at radius 3 is 2.65 bits per heavy atom. The van der Waals surface area contributed by atoms with Crippen LogP contribution in [0.1, 0.15) is 54.7 Å². The van der Waals surface area contributed by atoms with Crippen molar-refractivity contribution in [3.8, 4) is 0 Å². The number of rotatable bonds is 2. The zero-order valence-electron chi connectivity index (χ0n) is 11.9. The average molecular weight is 277 g/mol. The minimum Gasteiger partial charge on any atom is -0.478 e. The van der Waals surface area contributed by atoms with Crippen molar-refractivity contribution in [1.82, 2.24) is 5.32 Å². The molecule has 5 heteroatoms. The summed E-state index contributed by atoms with van der Waals surface area (Å²) in [6, 6.07) is 4.86. The van der Waals surface area contributed by atoms with Crippen LogP contribution in [0.3, 0.4) is 0 Å². The first-order valence-electron chi connectivity index (χ1n) is 6.62. The number of hydrogen-bond donors (Lipinski definition) is 2. The summed E-state index contributed by atoms with van der Waals surface area (Å²) in [4.78, 5) is 22.8. The summed E-state index contributed by atoms with van der Waals surface area (Å²) in [5.41, 5.74) is 1.64. The predicted octanol–water partition coefficient (Wildman–Crippen LogP) is 2.90. The molecule has 1 aliphatic carbocycles. The number of carbonyl (C=O) groups is 2. The number of benzene rings is 1. The van der Waals surface area contributed by atoms with Crippen molar-refractivity contribution in [1.29, 1.82) is 0 Å². The fourth-order valence-corrected chi connectivity index (χ4v) is 2.34. The molecule has 20 heavy (non-hydrogen) atoms. The third kappa shape index (κ3) is 3.29. The Labute approximate surface area is 117 Å². The van der Waals surface area contributed by atoms with Gasteiger partial charge in [-0.2, -0.15) is 0 Å². The standard InChI is InChI=1S/C15H19NO4/c1-15(2,3)20-14(19)16-12-7-6-9-4-5-10(13(17)18)8-11(9)12/h4-5,8,12H,6-7H2,1-3H3,(H,16,19)(H,17,18)/t12-/m1/s1. The highest BCUT2D eigenvalue weighted by atomic mass is 16.6. The molecule has 108 valence electrons. The zero-order chi connectivity index (χ0) is 14.9. The van der Waals surface area contributed by atoms with Crippen molar-refractivity contribution >= 4 is 12.1 Å². The van der Waals surface area contributed by atoms with E-state index in [1.165, 1.54) is 0 Å². The molecule has 0 radical (unpaired) electrons. The predicted molar refractivity (Wildman–Crippen MR) is 73.8 cm³/mol. The second-order valence-corrected chi connectivity index (χ2v) is 5.96. The Morgan fingerprint density at radius 1 is 1.35 bits per heavy atom. The van der Waals surface area contributed by atoms with Gasteiger partial charge in [-0.15, -0.1) is 0 Å². The number of aromatic carboxylic acids is 1. The summed E-state index contributed by atoms with van der Waals surface area (Å²) in [7, 11) is 0. The summed E-state index contributed by atoms with van der Waals surface area (Å²) in [6.45, 7) is 5.41. The van der Waals surface area contributed by atoms with Crippen LogP contribution in [0, 0.1) is 0 Å². The molecule has 2 rings (SSSR count). The third-order valence-corrected chi connectivity index (χ3v) is 3.16. The summed E-state index contributed by atoms with van der Waals surface area (Å²) < 4.78 is 5.23. The van der Waals surface area contributed by atoms with Gasteiger partial charge in [0.25, 0.3) is 0 Å². The number of aryl methyl sites for hydroxylation is 1. The van der Waals surface area contributed by atoms with Gasteiger partial charge in [0.1, 0.15) is 5.60 Å². The van der Waals surface area contributed by atoms with Crippen LogP contribution < -0.4 is 5.32 Å². The van der Waals surface area contributed by atoms with Gasteiger partial charge < -0.3 is 15.2 Å². The molecule has 0 heterocycles. The van der Waals surface area contributed by atoms with E-state index in [4.69, 9.17) is 9.84 Å². The SMILES string of the molecule is CC(C)(C)OC(=O)N[C@@H]1CCc2ccc(C(=O)O)cc21. The largest absolute Gasteiger partial charge is 0.478 e. The maximum atomic E-state index is 11.8. The molecule has 1 aliphatic rings. The average Bonchev–Trinajstić information content (AvgIpc) is 2.69. The Bertz CT molecular complexity index is 545. The van der Waals surface area contributed by atoms with E-state index in [2.05, 4.69) is 5.32 Å². The second-order valence-electron chi connectivity index (χ2n) is 5.96. The highest BCUT2D eigenvalue weighted by Crippen LogP contribution is 2.32. The lowest BCUT2D eigenvalue weighted by Gasteiger charge is -2.22. The van der Waals surface area contributed by atoms with Gasteiger partial charge in [0.2, 0.25) is 0 Å². The second kappa shape index (κ2) is 5.15. The monoisotopic (exact) mass is 277 g/mol. The van der Waals surface area contributed by atoms with Gasteiger partial charge in [-0.3, -0.25) is 0 Å². The zero-order valence-corrected chi connectivity index (χ0v) is 11.9. The van der Waals surface area contributed by atoms with E-state index in [9.17, 15) is 9.59 Å². The number of alkyl carbamates (subject to hydrolysis) is 1. The topological polar surface area (TPSA) is 75.6 Å². The van der Waals surface area contributed by atoms with Crippen LogP contribution in [0.2, 0.25) is 0 Å². The van der Waals surface area contributed by atoms with Crippen LogP contribution in [0.4, 0.5) is 4.79 Å². The van der Waals surface area contributed by atoms with E-state index in [1.807, 2.05) is 6.07 Å². The maximum absolute atomic E-state index is 11.8. The molecule has 2 N–H and O–H groups in total.